The lowest BCUT2D eigenvalue weighted by atomic mass is 10.2. The Morgan fingerprint density at radius 3 is 2.94 bits per heavy atom. The van der Waals surface area contributed by atoms with Gasteiger partial charge in [-0.1, -0.05) is 6.92 Å². The molecule has 1 aromatic heterocycles. The topological polar surface area (TPSA) is 36.1 Å². The molecule has 0 radical (unpaired) electrons. The van der Waals surface area contributed by atoms with Gasteiger partial charge in [-0.3, -0.25) is 9.69 Å². The summed E-state index contributed by atoms with van der Waals surface area (Å²) in [6.45, 7) is 4.85. The highest BCUT2D eigenvalue weighted by Crippen LogP contribution is 2.29. The molecule has 0 spiro atoms. The van der Waals surface area contributed by atoms with Crippen LogP contribution in [0.25, 0.3) is 0 Å². The van der Waals surface area contributed by atoms with E-state index < -0.39 is 0 Å². The molecular weight excluding hydrogens is 200 g/mol. The van der Waals surface area contributed by atoms with E-state index in [4.69, 9.17) is 0 Å². The lowest BCUT2D eigenvalue weighted by molar-refractivity contribution is 0.0923. The second kappa shape index (κ2) is 5.30. The summed E-state index contributed by atoms with van der Waals surface area (Å²) in [4.78, 5) is 17.2. The highest BCUT2D eigenvalue weighted by molar-refractivity contribution is 5.95. The number of aromatic amines is 1. The predicted octanol–water partition coefficient (Wildman–Crippen LogP) is 2.32. The van der Waals surface area contributed by atoms with Crippen LogP contribution in [0, 0.1) is 5.92 Å². The third-order valence-electron chi connectivity index (χ3n) is 3.02. The van der Waals surface area contributed by atoms with Crippen molar-refractivity contribution in [3.63, 3.8) is 0 Å². The number of nitrogens with zero attached hydrogens (tertiary/aromatic N) is 1. The van der Waals surface area contributed by atoms with Crippen molar-refractivity contribution in [2.24, 2.45) is 5.92 Å². The SMILES string of the molecule is CCCN(CC(=O)c1ccc[nH]1)CC1CC1. The highest BCUT2D eigenvalue weighted by atomic mass is 16.1. The van der Waals surface area contributed by atoms with Crippen LogP contribution in [0.1, 0.15) is 36.7 Å². The van der Waals surface area contributed by atoms with Crippen molar-refractivity contribution in [3.05, 3.63) is 24.0 Å². The van der Waals surface area contributed by atoms with E-state index in [2.05, 4.69) is 16.8 Å². The third-order valence-corrected chi connectivity index (χ3v) is 3.02. The average molecular weight is 220 g/mol. The van der Waals surface area contributed by atoms with Gasteiger partial charge in [-0.25, -0.2) is 0 Å². The molecule has 88 valence electrons. The van der Waals surface area contributed by atoms with Crippen LogP contribution in [0.2, 0.25) is 0 Å². The van der Waals surface area contributed by atoms with Gasteiger partial charge in [0, 0.05) is 12.7 Å². The van der Waals surface area contributed by atoms with Gasteiger partial charge in [0.05, 0.1) is 12.2 Å². The standard InChI is InChI=1S/C13H20N2O/c1-2-8-15(9-11-5-6-11)10-13(16)12-4-3-7-14-12/h3-4,7,11,14H,2,5-6,8-10H2,1H3. The molecular formula is C13H20N2O. The minimum Gasteiger partial charge on any atom is -0.359 e. The van der Waals surface area contributed by atoms with Crippen molar-refractivity contribution in [2.45, 2.75) is 26.2 Å². The van der Waals surface area contributed by atoms with Crippen molar-refractivity contribution in [3.8, 4) is 0 Å². The van der Waals surface area contributed by atoms with E-state index >= 15 is 0 Å². The second-order valence-corrected chi connectivity index (χ2v) is 4.69. The summed E-state index contributed by atoms with van der Waals surface area (Å²) in [6, 6.07) is 3.72. The number of nitrogens with one attached hydrogen (secondary N) is 1. The largest absolute Gasteiger partial charge is 0.359 e. The Morgan fingerprint density at radius 2 is 2.38 bits per heavy atom. The van der Waals surface area contributed by atoms with E-state index in [-0.39, 0.29) is 5.78 Å². The molecule has 1 heterocycles. The van der Waals surface area contributed by atoms with E-state index in [9.17, 15) is 4.79 Å². The minimum atomic E-state index is 0.208. The van der Waals surface area contributed by atoms with Crippen molar-refractivity contribution in [1.82, 2.24) is 9.88 Å². The number of carbonyl (C=O) groups is 1. The first-order chi connectivity index (χ1) is 7.79. The van der Waals surface area contributed by atoms with Crippen LogP contribution in [0.4, 0.5) is 0 Å². The fraction of sp³-hybridized carbons (Fsp3) is 0.615. The molecule has 1 saturated carbocycles. The Hall–Kier alpha value is -1.09. The Bertz CT molecular complexity index is 328. The summed E-state index contributed by atoms with van der Waals surface area (Å²) in [7, 11) is 0. The third kappa shape index (κ3) is 3.20. The van der Waals surface area contributed by atoms with Crippen molar-refractivity contribution in [2.75, 3.05) is 19.6 Å². The second-order valence-electron chi connectivity index (χ2n) is 4.69. The number of hydrogen-bond acceptors (Lipinski definition) is 2. The van der Waals surface area contributed by atoms with Crippen LogP contribution in [-0.2, 0) is 0 Å². The van der Waals surface area contributed by atoms with E-state index in [0.29, 0.717) is 6.54 Å². The molecule has 1 N–H and O–H groups in total. The van der Waals surface area contributed by atoms with Crippen LogP contribution >= 0.6 is 0 Å². The molecule has 0 amide bonds. The van der Waals surface area contributed by atoms with E-state index in [1.807, 2.05) is 12.1 Å². The molecule has 1 fully saturated rings. The quantitative estimate of drug-likeness (QED) is 0.716. The zero-order valence-corrected chi connectivity index (χ0v) is 9.91. The van der Waals surface area contributed by atoms with Gasteiger partial charge in [-0.15, -0.1) is 0 Å². The molecule has 0 bridgehead atoms. The Kier molecular flexibility index (Phi) is 3.78. The molecule has 2 rings (SSSR count). The molecule has 3 heteroatoms. The van der Waals surface area contributed by atoms with Gasteiger partial charge < -0.3 is 4.98 Å². The van der Waals surface area contributed by atoms with Crippen LogP contribution < -0.4 is 0 Å². The van der Waals surface area contributed by atoms with Gasteiger partial charge in [0.1, 0.15) is 0 Å². The monoisotopic (exact) mass is 220 g/mol. The van der Waals surface area contributed by atoms with E-state index in [1.54, 1.807) is 6.20 Å². The maximum Gasteiger partial charge on any atom is 0.192 e. The number of carbonyl (C=O) groups excluding carboxylic acids is 1. The predicted molar refractivity (Wildman–Crippen MR) is 64.6 cm³/mol. The number of Topliss-reactive ketones (excluding diaryl/α,β-unsaturated/α-hetero) is 1. The van der Waals surface area contributed by atoms with Gasteiger partial charge in [0.15, 0.2) is 5.78 Å². The van der Waals surface area contributed by atoms with Crippen molar-refractivity contribution >= 4 is 5.78 Å². The number of aromatic nitrogens is 1. The van der Waals surface area contributed by atoms with Gasteiger partial charge in [0.2, 0.25) is 0 Å². The number of H-pyrrole nitrogens is 1. The maximum absolute atomic E-state index is 11.9. The summed E-state index contributed by atoms with van der Waals surface area (Å²) < 4.78 is 0. The summed E-state index contributed by atoms with van der Waals surface area (Å²) in [5.74, 6) is 1.06. The first-order valence-electron chi connectivity index (χ1n) is 6.18. The molecule has 1 aliphatic carbocycles. The van der Waals surface area contributed by atoms with Crippen molar-refractivity contribution < 1.29 is 4.79 Å². The van der Waals surface area contributed by atoms with Gasteiger partial charge in [-0.2, -0.15) is 0 Å². The zero-order valence-electron chi connectivity index (χ0n) is 9.91. The molecule has 16 heavy (non-hydrogen) atoms. The average Bonchev–Trinajstić information content (AvgIpc) is 2.91. The van der Waals surface area contributed by atoms with Gasteiger partial charge in [0.25, 0.3) is 0 Å². The lowest BCUT2D eigenvalue weighted by Crippen LogP contribution is -2.32. The van der Waals surface area contributed by atoms with Gasteiger partial charge in [-0.05, 0) is 43.9 Å². The maximum atomic E-state index is 11.9. The summed E-state index contributed by atoms with van der Waals surface area (Å²) >= 11 is 0. The molecule has 0 unspecified atom stereocenters. The summed E-state index contributed by atoms with van der Waals surface area (Å²) in [5.41, 5.74) is 0.733. The van der Waals surface area contributed by atoms with Crippen LogP contribution in [0.5, 0.6) is 0 Å². The normalized spacial score (nSPS) is 15.6. The first kappa shape index (κ1) is 11.4. The highest BCUT2D eigenvalue weighted by Gasteiger charge is 2.25. The molecule has 1 aromatic rings. The smallest absolute Gasteiger partial charge is 0.192 e. The van der Waals surface area contributed by atoms with Crippen molar-refractivity contribution in [1.29, 1.82) is 0 Å². The van der Waals surface area contributed by atoms with Crippen LogP contribution in [0.15, 0.2) is 18.3 Å². The Labute approximate surface area is 96.8 Å². The first-order valence-corrected chi connectivity index (χ1v) is 6.18. The Balaban J connectivity index is 1.86. The number of hydrogen-bond donors (Lipinski definition) is 1. The number of ketones is 1. The lowest BCUT2D eigenvalue weighted by Gasteiger charge is -2.20. The minimum absolute atomic E-state index is 0.208. The van der Waals surface area contributed by atoms with E-state index in [0.717, 1.165) is 31.1 Å². The molecule has 0 saturated heterocycles. The molecule has 3 nitrogen and oxygen atoms in total. The number of rotatable bonds is 7. The molecule has 0 atom stereocenters. The molecule has 0 aliphatic heterocycles. The van der Waals surface area contributed by atoms with Crippen LogP contribution in [0.3, 0.4) is 0 Å². The van der Waals surface area contributed by atoms with Gasteiger partial charge >= 0.3 is 0 Å². The molecule has 1 aliphatic rings. The van der Waals surface area contributed by atoms with Crippen LogP contribution in [-0.4, -0.2) is 35.3 Å². The van der Waals surface area contributed by atoms with E-state index in [1.165, 1.54) is 12.8 Å². The Morgan fingerprint density at radius 1 is 1.56 bits per heavy atom. The summed E-state index contributed by atoms with van der Waals surface area (Å²) in [5, 5.41) is 0. The molecule has 0 aromatic carbocycles. The fourth-order valence-corrected chi connectivity index (χ4v) is 2.01. The summed E-state index contributed by atoms with van der Waals surface area (Å²) in [6.07, 6.45) is 5.61. The fourth-order valence-electron chi connectivity index (χ4n) is 2.01. The zero-order chi connectivity index (χ0) is 11.4.